The zero-order chi connectivity index (χ0) is 12.8. The van der Waals surface area contributed by atoms with Gasteiger partial charge in [-0.05, 0) is 78.1 Å². The summed E-state index contributed by atoms with van der Waals surface area (Å²) in [5.74, 6) is 0.387. The van der Waals surface area contributed by atoms with Crippen molar-refractivity contribution in [2.45, 2.75) is 56.9 Å². The fourth-order valence-corrected chi connectivity index (χ4v) is 3.85. The number of phenolic OH excluding ortho intramolecular Hbond substituents is 1. The summed E-state index contributed by atoms with van der Waals surface area (Å²) in [5.41, 5.74) is 9.99. The van der Waals surface area contributed by atoms with Crippen molar-refractivity contribution >= 4 is 15.9 Å². The first kappa shape index (κ1) is 12.5. The van der Waals surface area contributed by atoms with Gasteiger partial charge in [0.2, 0.25) is 0 Å². The Hall–Kier alpha value is -0.540. The average molecular weight is 310 g/mol. The third-order valence-corrected chi connectivity index (χ3v) is 5.17. The molecule has 0 aromatic heterocycles. The highest BCUT2D eigenvalue weighted by molar-refractivity contribution is 9.10. The van der Waals surface area contributed by atoms with Gasteiger partial charge >= 0.3 is 0 Å². The van der Waals surface area contributed by atoms with Gasteiger partial charge in [0.1, 0.15) is 5.75 Å². The molecule has 0 saturated heterocycles. The summed E-state index contributed by atoms with van der Waals surface area (Å²) in [6.45, 7) is 0. The van der Waals surface area contributed by atoms with Gasteiger partial charge in [0.25, 0.3) is 0 Å². The summed E-state index contributed by atoms with van der Waals surface area (Å²) >= 11 is 3.49. The van der Waals surface area contributed by atoms with Crippen molar-refractivity contribution in [3.05, 3.63) is 27.2 Å². The van der Waals surface area contributed by atoms with E-state index in [0.717, 1.165) is 35.7 Å². The Balaban J connectivity index is 2.18. The predicted octanol–water partition coefficient (Wildman–Crippen LogP) is 3.76. The standard InChI is InChI=1S/C15H20BrNO/c16-12-9-10-5-2-1-3-6-11(10)13(14(12)18)15(17)7-4-8-15/h9,18H,1-8,17H2. The summed E-state index contributed by atoms with van der Waals surface area (Å²) in [6.07, 6.45) is 9.13. The lowest BCUT2D eigenvalue weighted by molar-refractivity contribution is 0.243. The van der Waals surface area contributed by atoms with Crippen LogP contribution < -0.4 is 5.73 Å². The molecule has 3 N–H and O–H groups in total. The van der Waals surface area contributed by atoms with Crippen LogP contribution in [-0.4, -0.2) is 5.11 Å². The monoisotopic (exact) mass is 309 g/mol. The molecule has 0 amide bonds. The molecular weight excluding hydrogens is 290 g/mol. The fourth-order valence-electron chi connectivity index (χ4n) is 3.38. The highest BCUT2D eigenvalue weighted by atomic mass is 79.9. The Bertz CT molecular complexity index is 480. The maximum Gasteiger partial charge on any atom is 0.135 e. The van der Waals surface area contributed by atoms with Crippen molar-refractivity contribution in [1.29, 1.82) is 0 Å². The third kappa shape index (κ3) is 1.88. The van der Waals surface area contributed by atoms with Gasteiger partial charge in [-0.25, -0.2) is 0 Å². The first-order valence-electron chi connectivity index (χ1n) is 6.94. The molecule has 0 atom stereocenters. The molecule has 1 aromatic rings. The van der Waals surface area contributed by atoms with Crippen LogP contribution in [0.4, 0.5) is 0 Å². The zero-order valence-corrected chi connectivity index (χ0v) is 12.2. The van der Waals surface area contributed by atoms with E-state index in [1.807, 2.05) is 0 Å². The van der Waals surface area contributed by atoms with E-state index < -0.39 is 0 Å². The predicted molar refractivity (Wildman–Crippen MR) is 76.8 cm³/mol. The number of nitrogens with two attached hydrogens (primary N) is 1. The molecule has 0 unspecified atom stereocenters. The van der Waals surface area contributed by atoms with Crippen molar-refractivity contribution in [1.82, 2.24) is 0 Å². The highest BCUT2D eigenvalue weighted by Gasteiger charge is 2.39. The summed E-state index contributed by atoms with van der Waals surface area (Å²) < 4.78 is 0.815. The second-order valence-electron chi connectivity index (χ2n) is 5.79. The van der Waals surface area contributed by atoms with Crippen LogP contribution in [0.15, 0.2) is 10.5 Å². The van der Waals surface area contributed by atoms with Gasteiger partial charge < -0.3 is 10.8 Å². The van der Waals surface area contributed by atoms with E-state index in [1.54, 1.807) is 0 Å². The van der Waals surface area contributed by atoms with Crippen LogP contribution in [0.1, 0.15) is 55.2 Å². The van der Waals surface area contributed by atoms with Crippen LogP contribution in [-0.2, 0) is 18.4 Å². The van der Waals surface area contributed by atoms with Crippen molar-refractivity contribution in [2.75, 3.05) is 0 Å². The lowest BCUT2D eigenvalue weighted by Gasteiger charge is -2.41. The molecule has 2 aliphatic carbocycles. The minimum atomic E-state index is -0.276. The summed E-state index contributed by atoms with van der Waals surface area (Å²) in [4.78, 5) is 0. The van der Waals surface area contributed by atoms with E-state index in [-0.39, 0.29) is 5.54 Å². The maximum atomic E-state index is 10.4. The summed E-state index contributed by atoms with van der Waals surface area (Å²) in [7, 11) is 0. The zero-order valence-electron chi connectivity index (χ0n) is 10.6. The molecule has 1 aromatic carbocycles. The number of aromatic hydroxyl groups is 1. The number of phenols is 1. The number of halogens is 1. The number of hydrogen-bond donors (Lipinski definition) is 2. The second-order valence-corrected chi connectivity index (χ2v) is 6.64. The smallest absolute Gasteiger partial charge is 0.135 e. The minimum Gasteiger partial charge on any atom is -0.506 e. The summed E-state index contributed by atoms with van der Waals surface area (Å²) in [5, 5.41) is 10.4. The van der Waals surface area contributed by atoms with E-state index in [1.165, 1.54) is 36.8 Å². The summed E-state index contributed by atoms with van der Waals surface area (Å²) in [6, 6.07) is 2.10. The van der Waals surface area contributed by atoms with Crippen LogP contribution in [0, 0.1) is 0 Å². The van der Waals surface area contributed by atoms with Crippen molar-refractivity contribution in [3.63, 3.8) is 0 Å². The lowest BCUT2D eigenvalue weighted by Crippen LogP contribution is -2.44. The van der Waals surface area contributed by atoms with Crippen molar-refractivity contribution < 1.29 is 5.11 Å². The normalized spacial score (nSPS) is 21.9. The largest absolute Gasteiger partial charge is 0.506 e. The van der Waals surface area contributed by atoms with Gasteiger partial charge in [-0.15, -0.1) is 0 Å². The Morgan fingerprint density at radius 3 is 2.50 bits per heavy atom. The molecule has 1 fully saturated rings. The first-order valence-corrected chi connectivity index (χ1v) is 7.74. The quantitative estimate of drug-likeness (QED) is 0.776. The molecule has 2 aliphatic rings. The van der Waals surface area contributed by atoms with E-state index >= 15 is 0 Å². The van der Waals surface area contributed by atoms with E-state index in [2.05, 4.69) is 22.0 Å². The van der Waals surface area contributed by atoms with Crippen molar-refractivity contribution in [2.24, 2.45) is 5.73 Å². The van der Waals surface area contributed by atoms with E-state index in [4.69, 9.17) is 5.73 Å². The molecule has 3 heteroatoms. The molecule has 98 valence electrons. The molecule has 0 spiro atoms. The average Bonchev–Trinajstić information content (AvgIpc) is 2.53. The van der Waals surface area contributed by atoms with Crippen LogP contribution in [0.2, 0.25) is 0 Å². The molecule has 2 nitrogen and oxygen atoms in total. The molecule has 0 aliphatic heterocycles. The topological polar surface area (TPSA) is 46.2 Å². The van der Waals surface area contributed by atoms with Gasteiger partial charge in [0.15, 0.2) is 0 Å². The van der Waals surface area contributed by atoms with Crippen molar-refractivity contribution in [3.8, 4) is 5.75 Å². The first-order chi connectivity index (χ1) is 8.62. The number of aryl methyl sites for hydroxylation is 1. The molecule has 18 heavy (non-hydrogen) atoms. The van der Waals surface area contributed by atoms with Crippen LogP contribution >= 0.6 is 15.9 Å². The lowest BCUT2D eigenvalue weighted by atomic mass is 9.70. The molecule has 0 bridgehead atoms. The second kappa shape index (κ2) is 4.53. The SMILES string of the molecule is NC1(c2c(O)c(Br)cc3c2CCCCC3)CCC1. The van der Waals surface area contributed by atoms with Crippen LogP contribution in [0.5, 0.6) is 5.75 Å². The van der Waals surface area contributed by atoms with E-state index in [0.29, 0.717) is 5.75 Å². The van der Waals surface area contributed by atoms with Gasteiger partial charge in [-0.2, -0.15) is 0 Å². The molecule has 3 rings (SSSR count). The van der Waals surface area contributed by atoms with Gasteiger partial charge in [0, 0.05) is 11.1 Å². The number of benzene rings is 1. The Morgan fingerprint density at radius 2 is 1.83 bits per heavy atom. The van der Waals surface area contributed by atoms with Gasteiger partial charge in [0.05, 0.1) is 4.47 Å². The van der Waals surface area contributed by atoms with Gasteiger partial charge in [-0.3, -0.25) is 0 Å². The van der Waals surface area contributed by atoms with Crippen LogP contribution in [0.3, 0.4) is 0 Å². The fraction of sp³-hybridized carbons (Fsp3) is 0.600. The Kier molecular flexibility index (Phi) is 3.15. The maximum absolute atomic E-state index is 10.4. The number of rotatable bonds is 1. The van der Waals surface area contributed by atoms with Crippen LogP contribution in [0.25, 0.3) is 0 Å². The van der Waals surface area contributed by atoms with Gasteiger partial charge in [-0.1, -0.05) is 6.42 Å². The van der Waals surface area contributed by atoms with E-state index in [9.17, 15) is 5.11 Å². The number of fused-ring (bicyclic) bond motifs is 1. The molecule has 1 saturated carbocycles. The molecule has 0 radical (unpaired) electrons. The Morgan fingerprint density at radius 1 is 1.11 bits per heavy atom. The number of hydrogen-bond acceptors (Lipinski definition) is 2. The molecule has 0 heterocycles. The minimum absolute atomic E-state index is 0.276. The highest BCUT2D eigenvalue weighted by Crippen LogP contribution is 2.48. The third-order valence-electron chi connectivity index (χ3n) is 4.57. The molecular formula is C15H20BrNO. The Labute approximate surface area is 117 Å².